The van der Waals surface area contributed by atoms with Gasteiger partial charge in [-0.25, -0.2) is 0 Å². The van der Waals surface area contributed by atoms with E-state index < -0.39 is 0 Å². The molecule has 0 aromatic heterocycles. The number of carbonyl (C=O) groups excluding carboxylic acids is 1. The first-order valence-electron chi connectivity index (χ1n) is 7.13. The fraction of sp³-hybridized carbons (Fsp3) is 0.562. The zero-order valence-corrected chi connectivity index (χ0v) is 14.5. The van der Waals surface area contributed by atoms with Crippen LogP contribution in [0.4, 0.5) is 0 Å². The highest BCUT2D eigenvalue weighted by Crippen LogP contribution is 2.27. The number of rotatable bonds is 7. The first-order chi connectivity index (χ1) is 9.75. The maximum atomic E-state index is 12.2. The summed E-state index contributed by atoms with van der Waals surface area (Å²) in [5.74, 6) is 0.131. The van der Waals surface area contributed by atoms with Crippen LogP contribution in [0.5, 0.6) is 0 Å². The molecule has 5 heteroatoms. The van der Waals surface area contributed by atoms with E-state index in [1.165, 1.54) is 0 Å². The van der Waals surface area contributed by atoms with Crippen molar-refractivity contribution in [2.45, 2.75) is 39.7 Å². The van der Waals surface area contributed by atoms with Gasteiger partial charge in [0, 0.05) is 20.0 Å². The summed E-state index contributed by atoms with van der Waals surface area (Å²) in [4.78, 5) is 13.9. The molecular formula is C16H24Cl2N2O. The Labute approximate surface area is 137 Å². The number of carbonyl (C=O) groups is 1. The smallest absolute Gasteiger partial charge is 0.222 e. The molecular weight excluding hydrogens is 307 g/mol. The van der Waals surface area contributed by atoms with Crippen LogP contribution in [0.25, 0.3) is 0 Å². The van der Waals surface area contributed by atoms with Crippen LogP contribution in [0, 0.1) is 5.41 Å². The van der Waals surface area contributed by atoms with Gasteiger partial charge in [-0.05, 0) is 42.5 Å². The van der Waals surface area contributed by atoms with Gasteiger partial charge in [0.15, 0.2) is 0 Å². The molecule has 0 bridgehead atoms. The van der Waals surface area contributed by atoms with E-state index in [0.29, 0.717) is 29.6 Å². The van der Waals surface area contributed by atoms with Crippen molar-refractivity contribution < 1.29 is 4.79 Å². The molecule has 2 N–H and O–H groups in total. The average Bonchev–Trinajstić information content (AvgIpc) is 2.40. The van der Waals surface area contributed by atoms with Gasteiger partial charge in [0.25, 0.3) is 0 Å². The van der Waals surface area contributed by atoms with Gasteiger partial charge in [0.05, 0.1) is 10.0 Å². The van der Waals surface area contributed by atoms with E-state index in [0.717, 1.165) is 18.4 Å². The van der Waals surface area contributed by atoms with Gasteiger partial charge in [-0.1, -0.05) is 43.1 Å². The number of halogens is 2. The molecule has 0 aliphatic heterocycles. The number of benzene rings is 1. The monoisotopic (exact) mass is 330 g/mol. The largest absolute Gasteiger partial charge is 0.341 e. The van der Waals surface area contributed by atoms with Crippen molar-refractivity contribution >= 4 is 29.1 Å². The molecule has 1 aromatic carbocycles. The normalized spacial score (nSPS) is 11.5. The molecule has 1 rings (SSSR count). The van der Waals surface area contributed by atoms with Crippen molar-refractivity contribution in [2.75, 3.05) is 13.6 Å². The molecule has 0 aliphatic rings. The highest BCUT2D eigenvalue weighted by molar-refractivity contribution is 6.42. The Morgan fingerprint density at radius 3 is 2.48 bits per heavy atom. The van der Waals surface area contributed by atoms with Crippen molar-refractivity contribution in [2.24, 2.45) is 11.1 Å². The molecule has 0 saturated carbocycles. The summed E-state index contributed by atoms with van der Waals surface area (Å²) in [6.07, 6.45) is 2.30. The third-order valence-electron chi connectivity index (χ3n) is 3.67. The van der Waals surface area contributed by atoms with Gasteiger partial charge >= 0.3 is 0 Å². The van der Waals surface area contributed by atoms with Crippen LogP contribution >= 0.6 is 23.2 Å². The lowest BCUT2D eigenvalue weighted by atomic mass is 9.84. The van der Waals surface area contributed by atoms with E-state index in [9.17, 15) is 4.79 Å². The summed E-state index contributed by atoms with van der Waals surface area (Å²) in [5, 5.41) is 1.04. The van der Waals surface area contributed by atoms with Crippen molar-refractivity contribution in [1.82, 2.24) is 4.90 Å². The second-order valence-corrected chi connectivity index (χ2v) is 7.02. The summed E-state index contributed by atoms with van der Waals surface area (Å²) in [6.45, 7) is 5.48. The minimum absolute atomic E-state index is 0.106. The molecule has 3 nitrogen and oxygen atoms in total. The highest BCUT2D eigenvalue weighted by Gasteiger charge is 2.19. The van der Waals surface area contributed by atoms with Gasteiger partial charge in [0.1, 0.15) is 0 Å². The summed E-state index contributed by atoms with van der Waals surface area (Å²) in [7, 11) is 1.81. The number of hydrogen-bond donors (Lipinski definition) is 1. The van der Waals surface area contributed by atoms with Crippen LogP contribution in [0.2, 0.25) is 10.0 Å². The molecule has 118 valence electrons. The van der Waals surface area contributed by atoms with E-state index in [2.05, 4.69) is 13.8 Å². The lowest BCUT2D eigenvalue weighted by Gasteiger charge is -2.25. The van der Waals surface area contributed by atoms with Gasteiger partial charge in [-0.15, -0.1) is 0 Å². The van der Waals surface area contributed by atoms with Crippen LogP contribution < -0.4 is 5.73 Å². The molecule has 0 radical (unpaired) electrons. The summed E-state index contributed by atoms with van der Waals surface area (Å²) in [6, 6.07) is 5.43. The minimum atomic E-state index is 0.106. The first kappa shape index (κ1) is 18.3. The Hall–Kier alpha value is -0.770. The van der Waals surface area contributed by atoms with Gasteiger partial charge in [0.2, 0.25) is 5.91 Å². The second kappa shape index (κ2) is 8.02. The molecule has 21 heavy (non-hydrogen) atoms. The van der Waals surface area contributed by atoms with E-state index in [4.69, 9.17) is 28.9 Å². The van der Waals surface area contributed by atoms with Gasteiger partial charge in [-0.2, -0.15) is 0 Å². The lowest BCUT2D eigenvalue weighted by Crippen LogP contribution is -2.28. The predicted octanol–water partition coefficient (Wildman–Crippen LogP) is 4.11. The minimum Gasteiger partial charge on any atom is -0.341 e. The molecule has 1 amide bonds. The molecule has 0 aliphatic carbocycles. The first-order valence-corrected chi connectivity index (χ1v) is 7.89. The molecule has 0 spiro atoms. The summed E-state index contributed by atoms with van der Waals surface area (Å²) < 4.78 is 0. The fourth-order valence-corrected chi connectivity index (χ4v) is 2.47. The average molecular weight is 331 g/mol. The molecule has 0 saturated heterocycles. The molecule has 0 fully saturated rings. The Balaban J connectivity index is 2.53. The van der Waals surface area contributed by atoms with Gasteiger partial charge < -0.3 is 10.6 Å². The zero-order chi connectivity index (χ0) is 16.0. The Kier molecular flexibility index (Phi) is 6.98. The highest BCUT2D eigenvalue weighted by atomic mass is 35.5. The van der Waals surface area contributed by atoms with E-state index in [1.807, 2.05) is 6.07 Å². The number of hydrogen-bond acceptors (Lipinski definition) is 2. The maximum absolute atomic E-state index is 12.2. The van der Waals surface area contributed by atoms with E-state index >= 15 is 0 Å². The standard InChI is InChI=1S/C16H24Cl2N2O/c1-16(2,8-9-19)7-6-15(21)20(3)11-12-4-5-13(17)14(18)10-12/h4-5,10H,6-9,11,19H2,1-3H3. The van der Waals surface area contributed by atoms with Crippen molar-refractivity contribution in [3.63, 3.8) is 0 Å². The SMILES string of the molecule is CN(Cc1ccc(Cl)c(Cl)c1)C(=O)CCC(C)(C)CCN. The number of amides is 1. The van der Waals surface area contributed by atoms with Crippen molar-refractivity contribution in [3.8, 4) is 0 Å². The Morgan fingerprint density at radius 2 is 1.90 bits per heavy atom. The van der Waals surface area contributed by atoms with Crippen LogP contribution in [-0.4, -0.2) is 24.4 Å². The quantitative estimate of drug-likeness (QED) is 0.817. The van der Waals surface area contributed by atoms with Crippen LogP contribution in [-0.2, 0) is 11.3 Å². The van der Waals surface area contributed by atoms with Gasteiger partial charge in [-0.3, -0.25) is 4.79 Å². The number of nitrogens with zero attached hydrogens (tertiary/aromatic N) is 1. The van der Waals surface area contributed by atoms with E-state index in [1.54, 1.807) is 24.1 Å². The Morgan fingerprint density at radius 1 is 1.24 bits per heavy atom. The number of nitrogens with two attached hydrogens (primary N) is 1. The van der Waals surface area contributed by atoms with Crippen LogP contribution in [0.3, 0.4) is 0 Å². The zero-order valence-electron chi connectivity index (χ0n) is 13.0. The maximum Gasteiger partial charge on any atom is 0.222 e. The molecule has 0 heterocycles. The van der Waals surface area contributed by atoms with Crippen LogP contribution in [0.1, 0.15) is 38.7 Å². The molecule has 1 aromatic rings. The fourth-order valence-electron chi connectivity index (χ4n) is 2.15. The molecule has 0 atom stereocenters. The summed E-state index contributed by atoms with van der Waals surface area (Å²) in [5.41, 5.74) is 6.67. The third kappa shape index (κ3) is 6.25. The van der Waals surface area contributed by atoms with Crippen LogP contribution in [0.15, 0.2) is 18.2 Å². The molecule has 0 unspecified atom stereocenters. The Bertz CT molecular complexity index is 489. The predicted molar refractivity (Wildman–Crippen MR) is 89.6 cm³/mol. The second-order valence-electron chi connectivity index (χ2n) is 6.20. The van der Waals surface area contributed by atoms with Crippen molar-refractivity contribution in [1.29, 1.82) is 0 Å². The third-order valence-corrected chi connectivity index (χ3v) is 4.41. The van der Waals surface area contributed by atoms with Crippen molar-refractivity contribution in [3.05, 3.63) is 33.8 Å². The topological polar surface area (TPSA) is 46.3 Å². The summed E-state index contributed by atoms with van der Waals surface area (Å²) >= 11 is 11.9. The lowest BCUT2D eigenvalue weighted by molar-refractivity contribution is -0.131. The van der Waals surface area contributed by atoms with E-state index in [-0.39, 0.29) is 11.3 Å².